The number of nitrogens with two attached hydrogens (primary N) is 2. The Morgan fingerprint density at radius 1 is 0.974 bits per heavy atom. The summed E-state index contributed by atoms with van der Waals surface area (Å²) in [7, 11) is 0. The van der Waals surface area contributed by atoms with E-state index in [1.165, 1.54) is 12.1 Å². The van der Waals surface area contributed by atoms with Crippen molar-refractivity contribution in [3.05, 3.63) is 75.6 Å². The van der Waals surface area contributed by atoms with E-state index in [0.717, 1.165) is 11.6 Å². The number of amidine groups is 1. The summed E-state index contributed by atoms with van der Waals surface area (Å²) in [6.07, 6.45) is -10.8. The van der Waals surface area contributed by atoms with E-state index in [4.69, 9.17) is 16.3 Å². The molecule has 0 fully saturated rings. The number of hydrogen-bond acceptors (Lipinski definition) is 4. The maximum Gasteiger partial charge on any atom is 0.417 e. The van der Waals surface area contributed by atoms with E-state index in [9.17, 15) is 31.1 Å². The third-order valence-electron chi connectivity index (χ3n) is 5.25. The van der Waals surface area contributed by atoms with Gasteiger partial charge in [0, 0.05) is 23.2 Å². The predicted octanol–water partition coefficient (Wildman–Crippen LogP) is 6.36. The summed E-state index contributed by atoms with van der Waals surface area (Å²) in [5.74, 6) is 4.68. The number of hydrogen-bond donors (Lipinski definition) is 3. The van der Waals surface area contributed by atoms with E-state index in [1.807, 2.05) is 20.8 Å². The van der Waals surface area contributed by atoms with E-state index >= 15 is 0 Å². The standard InChI is InChI=1S/C24H22F6N4O2.C2H6/c1-13-3-5-14(6-4-13)17-12-19(33-22(35)20(17)21(31)34-32)16-8-7-15(11-18(16)24(28,29)30)36-10-2-9-23(25,26)27;1-2/h3-8,11-12H,2,9-10,32H2,1H3,(H2,31,34)(H,33,35);1-2H3. The lowest BCUT2D eigenvalue weighted by molar-refractivity contribution is -0.137. The highest BCUT2D eigenvalue weighted by atomic mass is 19.4. The first-order valence-electron chi connectivity index (χ1n) is 11.6. The molecule has 1 aromatic heterocycles. The molecular weight excluding hydrogens is 514 g/mol. The van der Waals surface area contributed by atoms with Crippen LogP contribution in [0.15, 0.2) is 58.4 Å². The number of alkyl halides is 6. The van der Waals surface area contributed by atoms with Crippen molar-refractivity contribution in [1.29, 1.82) is 0 Å². The van der Waals surface area contributed by atoms with Gasteiger partial charge in [0.05, 0.1) is 17.7 Å². The number of nitrogens with zero attached hydrogens (tertiary/aromatic N) is 1. The van der Waals surface area contributed by atoms with Crippen molar-refractivity contribution in [2.24, 2.45) is 16.7 Å². The predicted molar refractivity (Wildman–Crippen MR) is 135 cm³/mol. The fraction of sp³-hybridized carbons (Fsp3) is 0.308. The van der Waals surface area contributed by atoms with Crippen LogP contribution in [0.4, 0.5) is 26.3 Å². The van der Waals surface area contributed by atoms with Gasteiger partial charge in [0.2, 0.25) is 0 Å². The van der Waals surface area contributed by atoms with E-state index in [1.54, 1.807) is 24.3 Å². The zero-order valence-corrected chi connectivity index (χ0v) is 20.9. The summed E-state index contributed by atoms with van der Waals surface area (Å²) >= 11 is 0. The largest absolute Gasteiger partial charge is 0.494 e. The van der Waals surface area contributed by atoms with Crippen LogP contribution < -0.4 is 21.9 Å². The third kappa shape index (κ3) is 7.77. The fourth-order valence-corrected chi connectivity index (χ4v) is 3.53. The molecule has 1 heterocycles. The van der Waals surface area contributed by atoms with Gasteiger partial charge in [0.1, 0.15) is 5.75 Å². The van der Waals surface area contributed by atoms with Gasteiger partial charge < -0.3 is 21.3 Å². The lowest BCUT2D eigenvalue weighted by atomic mass is 9.95. The average molecular weight is 543 g/mol. The zero-order chi connectivity index (χ0) is 28.7. The number of aromatic amines is 1. The highest BCUT2D eigenvalue weighted by molar-refractivity contribution is 6.03. The lowest BCUT2D eigenvalue weighted by Gasteiger charge is -2.17. The van der Waals surface area contributed by atoms with Gasteiger partial charge in [-0.25, -0.2) is 0 Å². The smallest absolute Gasteiger partial charge is 0.417 e. The van der Waals surface area contributed by atoms with Crippen LogP contribution in [0, 0.1) is 6.92 Å². The Bertz CT molecular complexity index is 1310. The first-order chi connectivity index (χ1) is 17.8. The van der Waals surface area contributed by atoms with Crippen molar-refractivity contribution >= 4 is 5.84 Å². The van der Waals surface area contributed by atoms with Crippen LogP contribution in [-0.4, -0.2) is 23.6 Å². The summed E-state index contributed by atoms with van der Waals surface area (Å²) < 4.78 is 83.8. The lowest BCUT2D eigenvalue weighted by Crippen LogP contribution is -2.27. The maximum atomic E-state index is 13.9. The second kappa shape index (κ2) is 12.5. The van der Waals surface area contributed by atoms with Crippen molar-refractivity contribution in [2.45, 2.75) is 46.0 Å². The summed E-state index contributed by atoms with van der Waals surface area (Å²) in [5.41, 5.74) is 4.81. The number of rotatable bonds is 7. The number of halogens is 6. The van der Waals surface area contributed by atoms with Gasteiger partial charge in [0.15, 0.2) is 5.84 Å². The Morgan fingerprint density at radius 2 is 1.61 bits per heavy atom. The van der Waals surface area contributed by atoms with E-state index in [0.29, 0.717) is 11.6 Å². The summed E-state index contributed by atoms with van der Waals surface area (Å²) in [4.78, 5) is 15.3. The van der Waals surface area contributed by atoms with Crippen molar-refractivity contribution in [2.75, 3.05) is 6.61 Å². The second-order valence-electron chi connectivity index (χ2n) is 7.95. The topological polar surface area (TPSA) is 106 Å². The minimum absolute atomic E-state index is 0.108. The molecule has 3 aromatic rings. The molecule has 0 spiro atoms. The summed E-state index contributed by atoms with van der Waals surface area (Å²) in [6.45, 7) is 5.42. The van der Waals surface area contributed by atoms with Crippen LogP contribution >= 0.6 is 0 Å². The molecule has 0 aliphatic rings. The van der Waals surface area contributed by atoms with Crippen molar-refractivity contribution < 1.29 is 31.1 Å². The average Bonchev–Trinajstić information content (AvgIpc) is 2.86. The molecule has 0 radical (unpaired) electrons. The van der Waals surface area contributed by atoms with E-state index < -0.39 is 42.9 Å². The van der Waals surface area contributed by atoms with Crippen molar-refractivity contribution in [1.82, 2.24) is 4.98 Å². The first kappa shape index (κ1) is 30.3. The van der Waals surface area contributed by atoms with Crippen LogP contribution in [0.3, 0.4) is 0 Å². The molecule has 0 saturated heterocycles. The Morgan fingerprint density at radius 3 is 2.16 bits per heavy atom. The quantitative estimate of drug-likeness (QED) is 0.0806. The minimum atomic E-state index is -4.86. The molecule has 6 nitrogen and oxygen atoms in total. The Balaban J connectivity index is 0.00000247. The number of hydrazone groups is 1. The number of ether oxygens (including phenoxy) is 1. The van der Waals surface area contributed by atoms with Crippen LogP contribution in [0.2, 0.25) is 0 Å². The molecule has 5 N–H and O–H groups in total. The summed E-state index contributed by atoms with van der Waals surface area (Å²) in [5, 5.41) is 3.35. The van der Waals surface area contributed by atoms with E-state index in [-0.39, 0.29) is 34.0 Å². The molecule has 2 aromatic carbocycles. The number of benzene rings is 2. The molecule has 38 heavy (non-hydrogen) atoms. The molecule has 0 unspecified atom stereocenters. The molecule has 12 heteroatoms. The molecule has 3 rings (SSSR count). The molecule has 206 valence electrons. The Hall–Kier alpha value is -3.96. The Kier molecular flexibility index (Phi) is 9.97. The van der Waals surface area contributed by atoms with Gasteiger partial charge in [-0.05, 0) is 43.2 Å². The van der Waals surface area contributed by atoms with E-state index in [2.05, 4.69) is 10.1 Å². The number of pyridine rings is 1. The molecule has 0 saturated carbocycles. The van der Waals surface area contributed by atoms with Crippen molar-refractivity contribution in [3.8, 4) is 28.1 Å². The molecule has 0 aliphatic heterocycles. The zero-order valence-electron chi connectivity index (χ0n) is 20.9. The second-order valence-corrected chi connectivity index (χ2v) is 7.95. The number of aryl methyl sites for hydroxylation is 1. The van der Waals surface area contributed by atoms with Crippen LogP contribution in [-0.2, 0) is 6.18 Å². The van der Waals surface area contributed by atoms with Crippen LogP contribution in [0.25, 0.3) is 22.4 Å². The monoisotopic (exact) mass is 542 g/mol. The van der Waals surface area contributed by atoms with Crippen LogP contribution in [0.5, 0.6) is 5.75 Å². The molecular formula is C26H28F6N4O2. The third-order valence-corrected chi connectivity index (χ3v) is 5.25. The van der Waals surface area contributed by atoms with Crippen LogP contribution in [0.1, 0.15) is 43.4 Å². The number of aromatic nitrogens is 1. The van der Waals surface area contributed by atoms with Crippen molar-refractivity contribution in [3.63, 3.8) is 0 Å². The van der Waals surface area contributed by atoms with Gasteiger partial charge >= 0.3 is 12.4 Å². The highest BCUT2D eigenvalue weighted by Crippen LogP contribution is 2.39. The normalized spacial score (nSPS) is 12.1. The van der Waals surface area contributed by atoms with Gasteiger partial charge in [-0.15, -0.1) is 0 Å². The fourth-order valence-electron chi connectivity index (χ4n) is 3.53. The number of nitrogens with one attached hydrogen (secondary N) is 1. The first-order valence-corrected chi connectivity index (χ1v) is 11.6. The molecule has 0 bridgehead atoms. The minimum Gasteiger partial charge on any atom is -0.494 e. The Labute approximate surface area is 215 Å². The SMILES string of the molecule is CC.Cc1ccc(-c2cc(-c3ccc(OCCCC(F)(F)F)cc3C(F)(F)F)[nH]c(=O)c2/C(N)=N/N)cc1. The summed E-state index contributed by atoms with van der Waals surface area (Å²) in [6, 6.07) is 11.1. The van der Waals surface area contributed by atoms with Gasteiger partial charge in [0.25, 0.3) is 5.56 Å². The highest BCUT2D eigenvalue weighted by Gasteiger charge is 2.35. The van der Waals surface area contributed by atoms with Gasteiger partial charge in [-0.2, -0.15) is 31.4 Å². The number of H-pyrrole nitrogens is 1. The van der Waals surface area contributed by atoms with Gasteiger partial charge in [-0.1, -0.05) is 43.7 Å². The molecule has 0 amide bonds. The maximum absolute atomic E-state index is 13.9. The molecule has 0 atom stereocenters. The molecule has 0 aliphatic carbocycles. The van der Waals surface area contributed by atoms with Gasteiger partial charge in [-0.3, -0.25) is 4.79 Å².